The molecule has 0 saturated carbocycles. The number of aliphatic hydroxyl groups excluding tert-OH is 1. The van der Waals surface area contributed by atoms with Crippen molar-refractivity contribution in [2.75, 3.05) is 13.2 Å². The van der Waals surface area contributed by atoms with E-state index in [2.05, 4.69) is 111 Å². The summed E-state index contributed by atoms with van der Waals surface area (Å²) < 4.78 is 10.6. The highest BCUT2D eigenvalue weighted by molar-refractivity contribution is 5.71. The molecule has 0 radical (unpaired) electrons. The number of hydrogen-bond donors (Lipinski definition) is 1. The lowest BCUT2D eigenvalue weighted by Gasteiger charge is -2.15. The van der Waals surface area contributed by atoms with Crippen LogP contribution in [0.3, 0.4) is 0 Å². The lowest BCUT2D eigenvalue weighted by Crippen LogP contribution is -2.28. The van der Waals surface area contributed by atoms with Crippen LogP contribution in [0.25, 0.3) is 0 Å². The van der Waals surface area contributed by atoms with Gasteiger partial charge in [-0.3, -0.25) is 9.59 Å². The van der Waals surface area contributed by atoms with Crippen molar-refractivity contribution in [3.05, 3.63) is 109 Å². The summed E-state index contributed by atoms with van der Waals surface area (Å²) in [4.78, 5) is 24.3. The molecule has 340 valence electrons. The summed E-state index contributed by atoms with van der Waals surface area (Å²) in [6.07, 6.45) is 72.1. The molecular formula is C55H90O5. The first-order chi connectivity index (χ1) is 29.6. The van der Waals surface area contributed by atoms with Crippen LogP contribution in [0.4, 0.5) is 0 Å². The molecule has 0 aromatic heterocycles. The number of unbranched alkanes of at least 4 members (excludes halogenated alkanes) is 18. The third-order valence-corrected chi connectivity index (χ3v) is 10.1. The number of rotatable bonds is 43. The summed E-state index contributed by atoms with van der Waals surface area (Å²) in [7, 11) is 0. The summed E-state index contributed by atoms with van der Waals surface area (Å²) in [6, 6.07) is 0. The zero-order valence-electron chi connectivity index (χ0n) is 38.7. The van der Waals surface area contributed by atoms with E-state index in [0.29, 0.717) is 6.42 Å². The van der Waals surface area contributed by atoms with Crippen molar-refractivity contribution in [2.45, 2.75) is 213 Å². The lowest BCUT2D eigenvalue weighted by atomic mass is 10.0. The van der Waals surface area contributed by atoms with Crippen molar-refractivity contribution in [3.8, 4) is 0 Å². The van der Waals surface area contributed by atoms with Crippen LogP contribution in [-0.2, 0) is 19.1 Å². The highest BCUT2D eigenvalue weighted by atomic mass is 16.6. The first-order valence-electron chi connectivity index (χ1n) is 24.4. The van der Waals surface area contributed by atoms with Crippen LogP contribution in [0.2, 0.25) is 0 Å². The minimum atomic E-state index is -0.831. The minimum absolute atomic E-state index is 0.110. The molecule has 0 aromatic carbocycles. The van der Waals surface area contributed by atoms with Crippen molar-refractivity contribution in [3.63, 3.8) is 0 Å². The van der Waals surface area contributed by atoms with Gasteiger partial charge >= 0.3 is 11.9 Å². The van der Waals surface area contributed by atoms with Crippen molar-refractivity contribution in [2.24, 2.45) is 0 Å². The molecule has 60 heavy (non-hydrogen) atoms. The molecule has 0 aromatic rings. The van der Waals surface area contributed by atoms with Gasteiger partial charge in [0.15, 0.2) is 6.10 Å². The van der Waals surface area contributed by atoms with Crippen LogP contribution < -0.4 is 0 Å². The van der Waals surface area contributed by atoms with Gasteiger partial charge in [-0.2, -0.15) is 0 Å². The predicted molar refractivity (Wildman–Crippen MR) is 260 cm³/mol. The van der Waals surface area contributed by atoms with E-state index in [1.54, 1.807) is 6.08 Å². The Hall–Kier alpha value is -3.44. The van der Waals surface area contributed by atoms with Crippen LogP contribution in [0.5, 0.6) is 0 Å². The van der Waals surface area contributed by atoms with Gasteiger partial charge in [-0.15, -0.1) is 0 Å². The van der Waals surface area contributed by atoms with Gasteiger partial charge in [-0.25, -0.2) is 0 Å². The van der Waals surface area contributed by atoms with E-state index in [1.165, 1.54) is 103 Å². The maximum atomic E-state index is 12.2. The molecule has 0 rings (SSSR count). The van der Waals surface area contributed by atoms with E-state index in [0.717, 1.165) is 77.0 Å². The molecular weight excluding hydrogens is 741 g/mol. The van der Waals surface area contributed by atoms with Gasteiger partial charge in [0.25, 0.3) is 0 Å². The number of carbonyl (C=O) groups is 2. The second-order valence-corrected chi connectivity index (χ2v) is 15.8. The third kappa shape index (κ3) is 47.2. The molecule has 0 amide bonds. The topological polar surface area (TPSA) is 72.8 Å². The number of carbonyl (C=O) groups excluding carboxylic acids is 2. The molecule has 0 aliphatic rings. The monoisotopic (exact) mass is 831 g/mol. The van der Waals surface area contributed by atoms with Gasteiger partial charge in [0.2, 0.25) is 0 Å². The summed E-state index contributed by atoms with van der Waals surface area (Å²) in [6.45, 7) is 3.82. The van der Waals surface area contributed by atoms with Crippen molar-refractivity contribution < 1.29 is 24.2 Å². The Balaban J connectivity index is 3.54. The number of aliphatic hydroxyl groups is 1. The third-order valence-electron chi connectivity index (χ3n) is 10.1. The molecule has 1 unspecified atom stereocenters. The molecule has 0 spiro atoms. The van der Waals surface area contributed by atoms with Gasteiger partial charge in [0.05, 0.1) is 13.0 Å². The lowest BCUT2D eigenvalue weighted by molar-refractivity contribution is -0.160. The number of hydrogen-bond acceptors (Lipinski definition) is 5. The fourth-order valence-corrected chi connectivity index (χ4v) is 6.50. The average Bonchev–Trinajstić information content (AvgIpc) is 3.25. The van der Waals surface area contributed by atoms with E-state index >= 15 is 0 Å². The molecule has 0 heterocycles. The zero-order valence-corrected chi connectivity index (χ0v) is 38.7. The standard InChI is InChI=1S/C55H90O5/c1-3-5-7-9-11-13-15-17-19-20-21-22-23-24-25-26-27-28-29-30-31-32-33-34-36-37-39-41-43-45-47-49-54(57)59-52-53(51-56)60-55(58)50-48-46-44-42-40-38-35-18-16-14-12-10-8-6-4-2/h5-8,11-14,17-19,21-22,35,40,42,46,48,53,56H,3-4,9-10,15-16,20,23-34,36-39,41,43-45,47,49-52H2,1-2H3/b7-5-,8-6-,13-11-,14-12-,19-17-,22-21-,35-18-,42-40-,48-46-. The van der Waals surface area contributed by atoms with Crippen LogP contribution in [0.15, 0.2) is 109 Å². The zero-order chi connectivity index (χ0) is 43.5. The quantitative estimate of drug-likeness (QED) is 0.0376. The smallest absolute Gasteiger partial charge is 0.310 e. The average molecular weight is 831 g/mol. The fraction of sp³-hybridized carbons (Fsp3) is 0.636. The molecule has 5 heteroatoms. The van der Waals surface area contributed by atoms with Crippen LogP contribution in [0.1, 0.15) is 206 Å². The largest absolute Gasteiger partial charge is 0.462 e. The van der Waals surface area contributed by atoms with Crippen molar-refractivity contribution in [1.29, 1.82) is 0 Å². The summed E-state index contributed by atoms with van der Waals surface area (Å²) in [5, 5.41) is 9.58. The number of esters is 2. The first kappa shape index (κ1) is 56.6. The molecule has 0 aliphatic carbocycles. The Bertz CT molecular complexity index is 1210. The van der Waals surface area contributed by atoms with E-state index in [4.69, 9.17) is 9.47 Å². The second-order valence-electron chi connectivity index (χ2n) is 15.8. The Kier molecular flexibility index (Phi) is 47.1. The van der Waals surface area contributed by atoms with Crippen LogP contribution in [0, 0.1) is 0 Å². The second kappa shape index (κ2) is 49.9. The molecule has 0 fully saturated rings. The SMILES string of the molecule is CC/C=C\C/C=C\C/C=C\C/C=C\C/C=C\CC(=O)OC(CO)COC(=O)CCCCCCCCCCCCCCCCCCCC/C=C\C/C=C\C/C=C\C/C=C\CC. The van der Waals surface area contributed by atoms with E-state index in [-0.39, 0.29) is 25.6 Å². The van der Waals surface area contributed by atoms with E-state index in [1.807, 2.05) is 6.08 Å². The maximum Gasteiger partial charge on any atom is 0.310 e. The predicted octanol–water partition coefficient (Wildman–Crippen LogP) is 16.2. The summed E-state index contributed by atoms with van der Waals surface area (Å²) in [5.74, 6) is -0.741. The summed E-state index contributed by atoms with van der Waals surface area (Å²) >= 11 is 0. The van der Waals surface area contributed by atoms with Gasteiger partial charge in [0.1, 0.15) is 6.61 Å². The Morgan fingerprint density at radius 1 is 0.400 bits per heavy atom. The minimum Gasteiger partial charge on any atom is -0.462 e. The molecule has 5 nitrogen and oxygen atoms in total. The van der Waals surface area contributed by atoms with Gasteiger partial charge < -0.3 is 14.6 Å². The van der Waals surface area contributed by atoms with Crippen LogP contribution >= 0.6 is 0 Å². The molecule has 0 saturated heterocycles. The summed E-state index contributed by atoms with van der Waals surface area (Å²) in [5.41, 5.74) is 0. The van der Waals surface area contributed by atoms with Crippen molar-refractivity contribution in [1.82, 2.24) is 0 Å². The normalized spacial score (nSPS) is 13.2. The van der Waals surface area contributed by atoms with Gasteiger partial charge in [-0.1, -0.05) is 226 Å². The highest BCUT2D eigenvalue weighted by Crippen LogP contribution is 2.15. The fourth-order valence-electron chi connectivity index (χ4n) is 6.50. The highest BCUT2D eigenvalue weighted by Gasteiger charge is 2.15. The maximum absolute atomic E-state index is 12.2. The molecule has 0 aliphatic heterocycles. The Labute approximate surface area is 370 Å². The van der Waals surface area contributed by atoms with Gasteiger partial charge in [-0.05, 0) is 77.0 Å². The Morgan fingerprint density at radius 2 is 0.717 bits per heavy atom. The Morgan fingerprint density at radius 3 is 1.08 bits per heavy atom. The van der Waals surface area contributed by atoms with E-state index < -0.39 is 12.1 Å². The number of allylic oxidation sites excluding steroid dienone is 17. The van der Waals surface area contributed by atoms with Gasteiger partial charge in [0, 0.05) is 6.42 Å². The molecule has 1 N–H and O–H groups in total. The number of ether oxygens (including phenoxy) is 2. The first-order valence-corrected chi connectivity index (χ1v) is 24.4. The van der Waals surface area contributed by atoms with Crippen molar-refractivity contribution >= 4 is 11.9 Å². The molecule has 0 bridgehead atoms. The van der Waals surface area contributed by atoms with E-state index in [9.17, 15) is 14.7 Å². The van der Waals surface area contributed by atoms with Crippen LogP contribution in [-0.4, -0.2) is 36.4 Å². The molecule has 1 atom stereocenters.